The lowest BCUT2D eigenvalue weighted by molar-refractivity contribution is 0.318. The van der Waals surface area contributed by atoms with E-state index < -0.39 is 0 Å². The highest BCUT2D eigenvalue weighted by Gasteiger charge is 2.06. The molecule has 0 aliphatic heterocycles. The van der Waals surface area contributed by atoms with Gasteiger partial charge in [-0.3, -0.25) is 4.68 Å². The monoisotopic (exact) mass is 167 g/mol. The zero-order valence-electron chi connectivity index (χ0n) is 7.57. The molecule has 12 heavy (non-hydrogen) atoms. The van der Waals surface area contributed by atoms with Crippen molar-refractivity contribution in [1.29, 1.82) is 0 Å². The van der Waals surface area contributed by atoms with E-state index in [9.17, 15) is 0 Å². The number of hydrogen-bond donors (Lipinski definition) is 1. The van der Waals surface area contributed by atoms with Gasteiger partial charge in [-0.05, 0) is 26.8 Å². The van der Waals surface area contributed by atoms with Crippen LogP contribution in [0.3, 0.4) is 0 Å². The lowest BCUT2D eigenvalue weighted by Crippen LogP contribution is -2.07. The van der Waals surface area contributed by atoms with Crippen LogP contribution in [0, 0.1) is 6.92 Å². The predicted molar refractivity (Wildman–Crippen MR) is 46.6 cm³/mol. The highest BCUT2D eigenvalue weighted by molar-refractivity contribution is 5.96. The topological polar surface area (TPSA) is 50.4 Å². The Labute approximate surface area is 71.5 Å². The van der Waals surface area contributed by atoms with E-state index in [-0.39, 0.29) is 0 Å². The minimum absolute atomic E-state index is 0.595. The quantitative estimate of drug-likeness (QED) is 0.411. The summed E-state index contributed by atoms with van der Waals surface area (Å²) >= 11 is 0. The van der Waals surface area contributed by atoms with Crippen molar-refractivity contribution in [2.75, 3.05) is 0 Å². The number of nitrogens with zero attached hydrogens (tertiary/aromatic N) is 3. The van der Waals surface area contributed by atoms with Crippen LogP contribution in [-0.4, -0.2) is 20.7 Å². The van der Waals surface area contributed by atoms with Crippen molar-refractivity contribution >= 4 is 5.71 Å². The molecule has 0 amide bonds. The minimum atomic E-state index is 0.595. The Bertz CT molecular complexity index is 301. The molecule has 0 aliphatic carbocycles. The van der Waals surface area contributed by atoms with Gasteiger partial charge in [-0.2, -0.15) is 5.10 Å². The summed E-state index contributed by atoms with van der Waals surface area (Å²) < 4.78 is 1.81. The van der Waals surface area contributed by atoms with E-state index in [2.05, 4.69) is 10.3 Å². The second-order valence-electron chi connectivity index (χ2n) is 2.67. The number of oxime groups is 1. The number of rotatable bonds is 2. The molecule has 0 atom stereocenters. The summed E-state index contributed by atoms with van der Waals surface area (Å²) in [5, 5.41) is 15.9. The molecule has 0 unspecified atom stereocenters. The average Bonchev–Trinajstić information content (AvgIpc) is 2.45. The van der Waals surface area contributed by atoms with Gasteiger partial charge >= 0.3 is 0 Å². The summed E-state index contributed by atoms with van der Waals surface area (Å²) in [6.45, 7) is 6.46. The summed E-state index contributed by atoms with van der Waals surface area (Å²) in [5.41, 5.74) is 2.41. The number of aromatic nitrogens is 2. The number of aryl methyl sites for hydroxylation is 2. The largest absolute Gasteiger partial charge is 0.411 e. The normalized spacial score (nSPS) is 12.1. The van der Waals surface area contributed by atoms with Crippen molar-refractivity contribution in [2.24, 2.45) is 5.16 Å². The molecule has 1 aromatic heterocycles. The fourth-order valence-corrected chi connectivity index (χ4v) is 1.13. The zero-order chi connectivity index (χ0) is 9.14. The maximum absolute atomic E-state index is 8.56. The third-order valence-electron chi connectivity index (χ3n) is 1.72. The minimum Gasteiger partial charge on any atom is -0.411 e. The van der Waals surface area contributed by atoms with E-state index in [1.54, 1.807) is 6.92 Å². The summed E-state index contributed by atoms with van der Waals surface area (Å²) in [5.74, 6) is 0. The summed E-state index contributed by atoms with van der Waals surface area (Å²) in [4.78, 5) is 0. The molecule has 0 bridgehead atoms. The molecule has 1 N–H and O–H groups in total. The highest BCUT2D eigenvalue weighted by Crippen LogP contribution is 2.04. The van der Waals surface area contributed by atoms with Gasteiger partial charge in [0.2, 0.25) is 0 Å². The lowest BCUT2D eigenvalue weighted by atomic mass is 10.3. The summed E-state index contributed by atoms with van der Waals surface area (Å²) in [7, 11) is 0. The van der Waals surface area contributed by atoms with Crippen molar-refractivity contribution in [3.05, 3.63) is 17.5 Å². The second-order valence-corrected chi connectivity index (χ2v) is 2.67. The average molecular weight is 167 g/mol. The first-order chi connectivity index (χ1) is 5.69. The molecule has 0 aliphatic rings. The van der Waals surface area contributed by atoms with Crippen LogP contribution < -0.4 is 0 Å². The second kappa shape index (κ2) is 3.38. The van der Waals surface area contributed by atoms with E-state index >= 15 is 0 Å². The van der Waals surface area contributed by atoms with Crippen LogP contribution in [0.5, 0.6) is 0 Å². The highest BCUT2D eigenvalue weighted by atomic mass is 16.4. The van der Waals surface area contributed by atoms with Gasteiger partial charge in [0.15, 0.2) is 0 Å². The molecule has 1 rings (SSSR count). The Morgan fingerprint density at radius 1 is 1.75 bits per heavy atom. The molecule has 0 saturated carbocycles. The summed E-state index contributed by atoms with van der Waals surface area (Å²) in [6.07, 6.45) is 0. The van der Waals surface area contributed by atoms with Crippen LogP contribution in [0.4, 0.5) is 0 Å². The molecule has 0 fully saturated rings. The Balaban J connectivity index is 3.13. The SMILES string of the molecule is CCn1nc(C)cc1C(C)=NO. The Kier molecular flexibility index (Phi) is 2.47. The molecule has 0 spiro atoms. The van der Waals surface area contributed by atoms with Gasteiger partial charge in [-0.25, -0.2) is 0 Å². The first-order valence-electron chi connectivity index (χ1n) is 3.92. The lowest BCUT2D eigenvalue weighted by Gasteiger charge is -2.00. The van der Waals surface area contributed by atoms with Crippen LogP contribution in [0.25, 0.3) is 0 Å². The fraction of sp³-hybridized carbons (Fsp3) is 0.500. The molecular weight excluding hydrogens is 154 g/mol. The zero-order valence-corrected chi connectivity index (χ0v) is 7.57. The smallest absolute Gasteiger partial charge is 0.102 e. The Morgan fingerprint density at radius 3 is 2.92 bits per heavy atom. The molecule has 0 radical (unpaired) electrons. The molecule has 4 heteroatoms. The molecule has 0 aromatic carbocycles. The van der Waals surface area contributed by atoms with Gasteiger partial charge in [0.05, 0.1) is 11.4 Å². The first kappa shape index (κ1) is 8.77. The van der Waals surface area contributed by atoms with Gasteiger partial charge in [-0.15, -0.1) is 0 Å². The van der Waals surface area contributed by atoms with Crippen LogP contribution in [0.1, 0.15) is 25.2 Å². The van der Waals surface area contributed by atoms with Crippen molar-refractivity contribution in [1.82, 2.24) is 9.78 Å². The van der Waals surface area contributed by atoms with Crippen LogP contribution >= 0.6 is 0 Å². The predicted octanol–water partition coefficient (Wildman–Crippen LogP) is 1.41. The molecule has 66 valence electrons. The molecule has 1 aromatic rings. The molecule has 0 saturated heterocycles. The Morgan fingerprint density at radius 2 is 2.42 bits per heavy atom. The molecular formula is C8H13N3O. The van der Waals surface area contributed by atoms with E-state index in [0.29, 0.717) is 5.71 Å². The standard InChI is InChI=1S/C8H13N3O/c1-4-11-8(7(3)10-12)5-6(2)9-11/h5,12H,4H2,1-3H3. The van der Waals surface area contributed by atoms with Crippen LogP contribution in [0.2, 0.25) is 0 Å². The van der Waals surface area contributed by atoms with Gasteiger partial charge in [0.25, 0.3) is 0 Å². The van der Waals surface area contributed by atoms with Gasteiger partial charge < -0.3 is 5.21 Å². The van der Waals surface area contributed by atoms with Crippen molar-refractivity contribution in [3.8, 4) is 0 Å². The van der Waals surface area contributed by atoms with Crippen molar-refractivity contribution in [3.63, 3.8) is 0 Å². The van der Waals surface area contributed by atoms with E-state index in [4.69, 9.17) is 5.21 Å². The summed E-state index contributed by atoms with van der Waals surface area (Å²) in [6, 6.07) is 1.90. The van der Waals surface area contributed by atoms with Gasteiger partial charge in [-0.1, -0.05) is 5.16 Å². The van der Waals surface area contributed by atoms with Gasteiger partial charge in [0.1, 0.15) is 5.71 Å². The molecule has 1 heterocycles. The third-order valence-corrected chi connectivity index (χ3v) is 1.72. The van der Waals surface area contributed by atoms with E-state index in [1.807, 2.05) is 24.6 Å². The third kappa shape index (κ3) is 1.47. The van der Waals surface area contributed by atoms with Crippen molar-refractivity contribution in [2.45, 2.75) is 27.3 Å². The van der Waals surface area contributed by atoms with Crippen LogP contribution in [0.15, 0.2) is 11.2 Å². The number of hydrogen-bond acceptors (Lipinski definition) is 3. The maximum atomic E-state index is 8.56. The van der Waals surface area contributed by atoms with E-state index in [0.717, 1.165) is 17.9 Å². The van der Waals surface area contributed by atoms with Gasteiger partial charge in [0, 0.05) is 6.54 Å². The van der Waals surface area contributed by atoms with Crippen LogP contribution in [-0.2, 0) is 6.54 Å². The maximum Gasteiger partial charge on any atom is 0.102 e. The Hall–Kier alpha value is -1.32. The molecule has 4 nitrogen and oxygen atoms in total. The fourth-order valence-electron chi connectivity index (χ4n) is 1.13. The van der Waals surface area contributed by atoms with E-state index in [1.165, 1.54) is 0 Å². The van der Waals surface area contributed by atoms with Crippen molar-refractivity contribution < 1.29 is 5.21 Å². The first-order valence-corrected chi connectivity index (χ1v) is 3.92.